The summed E-state index contributed by atoms with van der Waals surface area (Å²) in [5.74, 6) is 0.705. The van der Waals surface area contributed by atoms with Crippen molar-refractivity contribution in [3.8, 4) is 0 Å². The fourth-order valence-corrected chi connectivity index (χ4v) is 7.23. The molecule has 0 bridgehead atoms. The molecule has 0 spiro atoms. The Morgan fingerprint density at radius 2 is 1.82 bits per heavy atom. The van der Waals surface area contributed by atoms with E-state index < -0.39 is 6.04 Å². The van der Waals surface area contributed by atoms with Gasteiger partial charge < -0.3 is 20.0 Å². The lowest BCUT2D eigenvalue weighted by molar-refractivity contribution is -0.126. The molecule has 2 atom stereocenters. The summed E-state index contributed by atoms with van der Waals surface area (Å²) in [5, 5.41) is 2.82. The molecule has 1 unspecified atom stereocenters. The molecule has 38 heavy (non-hydrogen) atoms. The molecule has 0 saturated carbocycles. The number of unbranched alkanes of at least 4 members (excludes halogenated alkanes) is 1. The molecule has 1 aromatic carbocycles. The van der Waals surface area contributed by atoms with Crippen molar-refractivity contribution in [3.05, 3.63) is 41.6 Å². The number of hydrogen-bond acceptors (Lipinski definition) is 5. The van der Waals surface area contributed by atoms with Gasteiger partial charge in [-0.15, -0.1) is 0 Å². The van der Waals surface area contributed by atoms with Gasteiger partial charge in [0.1, 0.15) is 13.0 Å². The van der Waals surface area contributed by atoms with Crippen molar-refractivity contribution in [3.63, 3.8) is 0 Å². The summed E-state index contributed by atoms with van der Waals surface area (Å²) >= 11 is 0. The molecular weight excluding hydrogens is 492 g/mol. The van der Waals surface area contributed by atoms with Crippen LogP contribution in [0.3, 0.4) is 0 Å². The normalized spacial score (nSPS) is 23.9. The second-order valence-corrected chi connectivity index (χ2v) is 12.9. The maximum atomic E-state index is 13.1. The highest BCUT2D eigenvalue weighted by Gasteiger charge is 2.38. The van der Waals surface area contributed by atoms with E-state index in [0.29, 0.717) is 13.0 Å². The predicted octanol–water partition coefficient (Wildman–Crippen LogP) is 3.39. The van der Waals surface area contributed by atoms with Crippen LogP contribution in [0, 0.1) is 5.92 Å². The summed E-state index contributed by atoms with van der Waals surface area (Å²) in [6.07, 6.45) is 8.16. The number of carbonyl (C=O) groups excluding carboxylic acids is 2. The number of nitrogens with one attached hydrogen (secondary N) is 1. The highest BCUT2D eigenvalue weighted by Crippen LogP contribution is 2.31. The summed E-state index contributed by atoms with van der Waals surface area (Å²) < 4.78 is 0. The predicted molar refractivity (Wildman–Crippen MR) is 158 cm³/mol. The quantitative estimate of drug-likeness (QED) is 0.282. The number of fused-ring (bicyclic) bond motifs is 1. The molecular formula is C29H44BN5O2P. The van der Waals surface area contributed by atoms with Crippen LogP contribution in [-0.2, 0) is 11.3 Å². The first kappa shape index (κ1) is 27.7. The van der Waals surface area contributed by atoms with Gasteiger partial charge in [-0.05, 0) is 94.0 Å². The molecule has 4 aliphatic rings. The molecule has 7 nitrogen and oxygen atoms in total. The van der Waals surface area contributed by atoms with E-state index >= 15 is 0 Å². The molecule has 4 heterocycles. The fourth-order valence-electron chi connectivity index (χ4n) is 6.49. The van der Waals surface area contributed by atoms with Crippen molar-refractivity contribution >= 4 is 33.0 Å². The Morgan fingerprint density at radius 1 is 1.03 bits per heavy atom. The van der Waals surface area contributed by atoms with Crippen LogP contribution in [-0.4, -0.2) is 98.1 Å². The monoisotopic (exact) mass is 536 g/mol. The van der Waals surface area contributed by atoms with Crippen molar-refractivity contribution in [2.75, 3.05) is 63.4 Å². The van der Waals surface area contributed by atoms with E-state index in [4.69, 9.17) is 0 Å². The van der Waals surface area contributed by atoms with E-state index in [-0.39, 0.29) is 11.8 Å². The zero-order valence-electron chi connectivity index (χ0n) is 23.1. The first-order valence-corrected chi connectivity index (χ1v) is 15.9. The van der Waals surface area contributed by atoms with Gasteiger partial charge in [0.2, 0.25) is 5.91 Å². The van der Waals surface area contributed by atoms with Crippen LogP contribution in [0.1, 0.15) is 54.4 Å². The highest BCUT2D eigenvalue weighted by molar-refractivity contribution is 7.70. The third kappa shape index (κ3) is 6.63. The molecule has 5 rings (SSSR count). The van der Waals surface area contributed by atoms with E-state index in [9.17, 15) is 9.59 Å². The molecule has 1 radical (unpaired) electrons. The number of hydrogen-bond donors (Lipinski definition) is 1. The van der Waals surface area contributed by atoms with Crippen molar-refractivity contribution in [2.24, 2.45) is 5.92 Å². The van der Waals surface area contributed by atoms with E-state index in [1.54, 1.807) is 4.90 Å². The van der Waals surface area contributed by atoms with E-state index in [1.807, 2.05) is 6.07 Å². The minimum Gasteiger partial charge on any atom is -0.369 e. The number of amides is 2. The Hall–Kier alpha value is -1.89. The highest BCUT2D eigenvalue weighted by atomic mass is 31.1. The van der Waals surface area contributed by atoms with E-state index in [2.05, 4.69) is 52.6 Å². The number of anilines is 1. The van der Waals surface area contributed by atoms with Crippen LogP contribution in [0.4, 0.5) is 5.69 Å². The molecule has 205 valence electrons. The number of carbonyl (C=O) groups is 2. The van der Waals surface area contributed by atoms with Gasteiger partial charge in [0, 0.05) is 56.2 Å². The first-order chi connectivity index (χ1) is 18.5. The Morgan fingerprint density at radius 3 is 2.55 bits per heavy atom. The number of piperidine rings is 2. The number of benzene rings is 1. The second kappa shape index (κ2) is 13.0. The Labute approximate surface area is 231 Å². The van der Waals surface area contributed by atoms with Gasteiger partial charge in [-0.25, -0.2) is 0 Å². The average Bonchev–Trinajstić information content (AvgIpc) is 3.25. The number of rotatable bonds is 10. The summed E-state index contributed by atoms with van der Waals surface area (Å²) in [6.45, 7) is 18.2. The van der Waals surface area contributed by atoms with Crippen LogP contribution >= 0.6 is 8.46 Å². The maximum Gasteiger partial charge on any atom is 0.255 e. The summed E-state index contributed by atoms with van der Waals surface area (Å²) in [7, 11) is 1.04. The Kier molecular flexibility index (Phi) is 9.45. The van der Waals surface area contributed by atoms with Crippen molar-refractivity contribution in [1.82, 2.24) is 20.0 Å². The molecule has 1 N–H and O–H groups in total. The fraction of sp³-hybridized carbons (Fsp3) is 0.655. The summed E-state index contributed by atoms with van der Waals surface area (Å²) in [4.78, 5) is 35.1. The van der Waals surface area contributed by atoms with Crippen LogP contribution in [0.2, 0.25) is 6.82 Å². The van der Waals surface area contributed by atoms with Gasteiger partial charge >= 0.3 is 0 Å². The van der Waals surface area contributed by atoms with Gasteiger partial charge in [-0.2, -0.15) is 8.46 Å². The number of nitrogens with zero attached hydrogens (tertiary/aromatic N) is 4. The van der Waals surface area contributed by atoms with Gasteiger partial charge in [-0.3, -0.25) is 14.5 Å². The lowest BCUT2D eigenvalue weighted by atomic mass is 9.95. The lowest BCUT2D eigenvalue weighted by Crippen LogP contribution is -2.49. The maximum absolute atomic E-state index is 13.1. The van der Waals surface area contributed by atoms with Gasteiger partial charge in [0.25, 0.3) is 5.91 Å². The molecule has 1 aromatic rings. The standard InChI is InChI=1S/C29H44BN5O2P/c1-22-5-8-27(28(36)31-22)35-21-24-19-25(6-7-26(24)29(35)37)34-16-14-33(15-17-34)20-23-9-12-32(13-10-23)11-3-4-18-38-30-2/h6-7,19,23,27,38H,1,3-5,8-18,20-21H2,2H3,(H,31,36)/t27-/m0/s1. The Balaban J connectivity index is 1.06. The molecule has 0 aliphatic carbocycles. The van der Waals surface area contributed by atoms with Crippen LogP contribution in [0.15, 0.2) is 30.5 Å². The smallest absolute Gasteiger partial charge is 0.255 e. The Bertz CT molecular complexity index is 1010. The number of piperazine rings is 1. The van der Waals surface area contributed by atoms with Crippen LogP contribution in [0.5, 0.6) is 0 Å². The van der Waals surface area contributed by atoms with Crippen molar-refractivity contribution in [2.45, 2.75) is 57.9 Å². The van der Waals surface area contributed by atoms with Crippen molar-refractivity contribution in [1.29, 1.82) is 0 Å². The summed E-state index contributed by atoms with van der Waals surface area (Å²) in [5.41, 5.74) is 3.73. The lowest BCUT2D eigenvalue weighted by Gasteiger charge is -2.39. The molecule has 0 aromatic heterocycles. The van der Waals surface area contributed by atoms with Crippen molar-refractivity contribution < 1.29 is 9.59 Å². The van der Waals surface area contributed by atoms with Crippen LogP contribution in [0.25, 0.3) is 0 Å². The minimum atomic E-state index is -0.399. The third-order valence-electron chi connectivity index (χ3n) is 8.83. The second-order valence-electron chi connectivity index (χ2n) is 11.4. The van der Waals surface area contributed by atoms with E-state index in [0.717, 1.165) is 63.8 Å². The molecule has 4 aliphatic heterocycles. The molecule has 3 saturated heterocycles. The topological polar surface area (TPSA) is 59.1 Å². The summed E-state index contributed by atoms with van der Waals surface area (Å²) in [6, 6.07) is 5.84. The zero-order valence-corrected chi connectivity index (χ0v) is 24.1. The average molecular weight is 536 g/mol. The molecule has 3 fully saturated rings. The third-order valence-corrected chi connectivity index (χ3v) is 9.88. The number of allylic oxidation sites excluding steroid dienone is 1. The minimum absolute atomic E-state index is 0.0226. The van der Waals surface area contributed by atoms with Gasteiger partial charge in [0.05, 0.1) is 0 Å². The molecule has 2 amide bonds. The van der Waals surface area contributed by atoms with E-state index in [1.165, 1.54) is 63.7 Å². The largest absolute Gasteiger partial charge is 0.369 e. The van der Waals surface area contributed by atoms with Gasteiger partial charge in [0.15, 0.2) is 0 Å². The first-order valence-electron chi connectivity index (χ1n) is 14.6. The molecule has 9 heteroatoms. The number of likely N-dealkylation sites (tertiary alicyclic amines) is 1. The van der Waals surface area contributed by atoms with Gasteiger partial charge in [-0.1, -0.05) is 13.4 Å². The van der Waals surface area contributed by atoms with Crippen LogP contribution < -0.4 is 10.2 Å². The SMILES string of the molecule is C=C1CC[C@H](N2Cc3cc(N4CCN(CC5CCN(CCCCP[B]C)CC5)CC4)ccc3C2=O)C(=O)N1. The zero-order chi connectivity index (χ0) is 26.5.